The van der Waals surface area contributed by atoms with Crippen LogP contribution in [0.5, 0.6) is 0 Å². The van der Waals surface area contributed by atoms with Gasteiger partial charge in [0.25, 0.3) is 0 Å². The molecule has 0 saturated heterocycles. The minimum absolute atomic E-state index is 0.431. The van der Waals surface area contributed by atoms with Crippen LogP contribution in [0.1, 0.15) is 84.5 Å². The van der Waals surface area contributed by atoms with Crippen LogP contribution in [0.3, 0.4) is 0 Å². The molecule has 4 saturated carbocycles. The van der Waals surface area contributed by atoms with Crippen molar-refractivity contribution in [2.24, 2.45) is 40.4 Å². The average molecular weight is 371 g/mol. The molecule has 4 aliphatic rings. The molecular weight excluding hydrogens is 332 g/mol. The van der Waals surface area contributed by atoms with Gasteiger partial charge in [-0.1, -0.05) is 19.8 Å². The lowest BCUT2D eigenvalue weighted by molar-refractivity contribution is -0.128. The molecule has 4 fully saturated rings. The Morgan fingerprint density at radius 3 is 2.56 bits per heavy atom. The quantitative estimate of drug-likeness (QED) is 0.365. The molecule has 2 nitrogen and oxygen atoms in total. The summed E-state index contributed by atoms with van der Waals surface area (Å²) in [5.41, 5.74) is 0.969. The number of hydrogen-bond donors (Lipinski definition) is 0. The lowest BCUT2D eigenvalue weighted by Crippen LogP contribution is -2.54. The highest BCUT2D eigenvalue weighted by atomic mass is 16.5. The van der Waals surface area contributed by atoms with Gasteiger partial charge in [-0.3, -0.25) is 0 Å². The number of carbonyl (C=O) groups excluding carboxylic acids is 1. The maximum Gasteiger partial charge on any atom is 0.120 e. The summed E-state index contributed by atoms with van der Waals surface area (Å²) < 4.78 is 5.93. The molecule has 0 bridgehead atoms. The first kappa shape index (κ1) is 19.5. The molecule has 0 aliphatic heterocycles. The highest BCUT2D eigenvalue weighted by molar-refractivity contribution is 5.49. The highest BCUT2D eigenvalue weighted by Crippen LogP contribution is 2.66. The summed E-state index contributed by atoms with van der Waals surface area (Å²) in [6, 6.07) is 0. The monoisotopic (exact) mass is 370 g/mol. The highest BCUT2D eigenvalue weighted by Gasteiger charge is 2.60. The fourth-order valence-corrected chi connectivity index (χ4v) is 8.08. The normalized spacial score (nSPS) is 48.6. The van der Waals surface area contributed by atoms with Crippen LogP contribution in [0.2, 0.25) is 0 Å². The Hall–Kier alpha value is -0.810. The predicted molar refractivity (Wildman–Crippen MR) is 109 cm³/mol. The first-order valence-corrected chi connectivity index (χ1v) is 11.5. The Kier molecular flexibility index (Phi) is 5.45. The van der Waals surface area contributed by atoms with E-state index in [4.69, 9.17) is 4.74 Å². The summed E-state index contributed by atoms with van der Waals surface area (Å²) in [7, 11) is 1.93. The molecule has 4 aliphatic carbocycles. The van der Waals surface area contributed by atoms with Gasteiger partial charge in [0.1, 0.15) is 6.29 Å². The average Bonchev–Trinajstić information content (AvgIpc) is 3.01. The fraction of sp³-hybridized carbons (Fsp3) is 0.880. The summed E-state index contributed by atoms with van der Waals surface area (Å²) in [5, 5.41) is 0. The van der Waals surface area contributed by atoms with Crippen LogP contribution in [0.4, 0.5) is 0 Å². The largest absolute Gasteiger partial charge is 0.381 e. The molecule has 4 rings (SSSR count). The van der Waals surface area contributed by atoms with Crippen LogP contribution in [-0.2, 0) is 9.53 Å². The zero-order valence-corrected chi connectivity index (χ0v) is 17.6. The molecule has 27 heavy (non-hydrogen) atoms. The van der Waals surface area contributed by atoms with Gasteiger partial charge in [0, 0.05) is 25.9 Å². The van der Waals surface area contributed by atoms with Crippen molar-refractivity contribution in [1.29, 1.82) is 0 Å². The van der Waals surface area contributed by atoms with Gasteiger partial charge in [0.05, 0.1) is 6.10 Å². The Labute approximate surface area is 166 Å². The Bertz CT molecular complexity index is 616. The van der Waals surface area contributed by atoms with Crippen LogP contribution in [-0.4, -0.2) is 19.5 Å². The van der Waals surface area contributed by atoms with Crippen molar-refractivity contribution in [1.82, 2.24) is 0 Å². The molecule has 8 atom stereocenters. The van der Waals surface area contributed by atoms with E-state index in [1.807, 2.05) is 7.11 Å². The lowest BCUT2D eigenvalue weighted by atomic mass is 9.44. The molecule has 0 aromatic heterocycles. The molecule has 0 unspecified atom stereocenters. The van der Waals surface area contributed by atoms with E-state index in [0.717, 1.165) is 36.4 Å². The van der Waals surface area contributed by atoms with Crippen molar-refractivity contribution < 1.29 is 9.53 Å². The van der Waals surface area contributed by atoms with Gasteiger partial charge < -0.3 is 9.53 Å². The van der Waals surface area contributed by atoms with Crippen molar-refractivity contribution in [2.75, 3.05) is 7.11 Å². The van der Waals surface area contributed by atoms with E-state index in [2.05, 4.69) is 25.7 Å². The standard InChI is InChI=1S/C25H38O2/c1-24-14-12-18(7-5-4-6-16-26)17-19(24)8-9-20-21-10-11-23(27-3)25(21,2)15-13-22(20)24/h16,18-23H,4,6,8-15,17H2,1-3H3/t18-,19+,20-,21-,22-,23-,24-,25-/m0/s1. The fourth-order valence-electron chi connectivity index (χ4n) is 8.08. The smallest absolute Gasteiger partial charge is 0.120 e. The molecule has 0 aromatic carbocycles. The molecule has 150 valence electrons. The number of aldehydes is 1. The second kappa shape index (κ2) is 7.55. The zero-order chi connectivity index (χ0) is 19.1. The zero-order valence-electron chi connectivity index (χ0n) is 17.6. The summed E-state index contributed by atoms with van der Waals surface area (Å²) in [6.45, 7) is 5.17. The van der Waals surface area contributed by atoms with Gasteiger partial charge in [-0.05, 0) is 92.3 Å². The van der Waals surface area contributed by atoms with Crippen molar-refractivity contribution in [3.8, 4) is 11.8 Å². The van der Waals surface area contributed by atoms with Gasteiger partial charge in [0.2, 0.25) is 0 Å². The van der Waals surface area contributed by atoms with E-state index in [1.54, 1.807) is 0 Å². The first-order valence-electron chi connectivity index (χ1n) is 11.5. The van der Waals surface area contributed by atoms with E-state index in [0.29, 0.717) is 29.3 Å². The molecule has 0 heterocycles. The predicted octanol–water partition coefficient (Wildman–Crippen LogP) is 5.64. The van der Waals surface area contributed by atoms with Gasteiger partial charge in [-0.25, -0.2) is 0 Å². The number of unbranched alkanes of at least 4 members (excludes halogenated alkanes) is 1. The SMILES string of the molecule is CO[C@H]1CC[C@H]2[C@@H]3CC[C@@H]4C[C@@H](C#CCCC=O)CC[C@]4(C)[C@H]3CC[C@]12C. The molecule has 0 N–H and O–H groups in total. The van der Waals surface area contributed by atoms with E-state index in [9.17, 15) is 4.79 Å². The van der Waals surface area contributed by atoms with Crippen LogP contribution in [0.15, 0.2) is 0 Å². The number of fused-ring (bicyclic) bond motifs is 5. The number of methoxy groups -OCH3 is 1. The maximum atomic E-state index is 10.5. The Morgan fingerprint density at radius 1 is 1.00 bits per heavy atom. The second-order valence-corrected chi connectivity index (χ2v) is 10.5. The topological polar surface area (TPSA) is 26.3 Å². The Morgan fingerprint density at radius 2 is 1.78 bits per heavy atom. The third-order valence-electron chi connectivity index (χ3n) is 9.56. The number of hydrogen-bond acceptors (Lipinski definition) is 2. The van der Waals surface area contributed by atoms with E-state index >= 15 is 0 Å². The molecule has 2 heteroatoms. The summed E-state index contributed by atoms with van der Waals surface area (Å²) in [5.74, 6) is 11.0. The van der Waals surface area contributed by atoms with Gasteiger partial charge in [0.15, 0.2) is 0 Å². The second-order valence-electron chi connectivity index (χ2n) is 10.5. The van der Waals surface area contributed by atoms with Crippen LogP contribution < -0.4 is 0 Å². The molecule has 0 amide bonds. The number of rotatable bonds is 3. The van der Waals surface area contributed by atoms with Crippen molar-refractivity contribution in [2.45, 2.75) is 90.6 Å². The molecular formula is C25H38O2. The summed E-state index contributed by atoms with van der Waals surface area (Å²) in [6.07, 6.45) is 15.1. The maximum absolute atomic E-state index is 10.5. The molecule has 0 radical (unpaired) electrons. The number of carbonyl (C=O) groups is 1. The summed E-state index contributed by atoms with van der Waals surface area (Å²) in [4.78, 5) is 10.5. The molecule has 0 aromatic rings. The van der Waals surface area contributed by atoms with E-state index < -0.39 is 0 Å². The van der Waals surface area contributed by atoms with E-state index in [1.165, 1.54) is 57.8 Å². The van der Waals surface area contributed by atoms with Crippen LogP contribution >= 0.6 is 0 Å². The lowest BCUT2D eigenvalue weighted by Gasteiger charge is -2.60. The minimum Gasteiger partial charge on any atom is -0.381 e. The van der Waals surface area contributed by atoms with Gasteiger partial charge >= 0.3 is 0 Å². The minimum atomic E-state index is 0.431. The van der Waals surface area contributed by atoms with E-state index in [-0.39, 0.29) is 0 Å². The van der Waals surface area contributed by atoms with Crippen LogP contribution in [0.25, 0.3) is 0 Å². The number of ether oxygens (including phenoxy) is 1. The van der Waals surface area contributed by atoms with Gasteiger partial charge in [-0.2, -0.15) is 0 Å². The van der Waals surface area contributed by atoms with Crippen molar-refractivity contribution in [3.05, 3.63) is 0 Å². The van der Waals surface area contributed by atoms with Crippen molar-refractivity contribution >= 4 is 6.29 Å². The first-order chi connectivity index (χ1) is 13.0. The Balaban J connectivity index is 1.47. The van der Waals surface area contributed by atoms with Crippen molar-refractivity contribution in [3.63, 3.8) is 0 Å². The third-order valence-corrected chi connectivity index (χ3v) is 9.56. The molecule has 0 spiro atoms. The van der Waals surface area contributed by atoms with Gasteiger partial charge in [-0.15, -0.1) is 5.92 Å². The van der Waals surface area contributed by atoms with Crippen LogP contribution in [0, 0.1) is 52.3 Å². The third kappa shape index (κ3) is 3.19. The summed E-state index contributed by atoms with van der Waals surface area (Å²) >= 11 is 0.